The lowest BCUT2D eigenvalue weighted by Gasteiger charge is -2.26. The molecule has 5 heterocycles. The predicted molar refractivity (Wildman–Crippen MR) is 127 cm³/mol. The van der Waals surface area contributed by atoms with Gasteiger partial charge in [0.25, 0.3) is 5.91 Å². The summed E-state index contributed by atoms with van der Waals surface area (Å²) in [5.41, 5.74) is 2.96. The van der Waals surface area contributed by atoms with Gasteiger partial charge in [-0.1, -0.05) is 12.1 Å². The lowest BCUT2D eigenvalue weighted by atomic mass is 10.0. The fourth-order valence-corrected chi connectivity index (χ4v) is 4.99. The lowest BCUT2D eigenvalue weighted by molar-refractivity contribution is 0.0675. The highest BCUT2D eigenvalue weighted by Gasteiger charge is 2.36. The number of hydrogen-bond acceptors (Lipinski definition) is 5. The summed E-state index contributed by atoms with van der Waals surface area (Å²) < 4.78 is 37.1. The molecule has 1 aromatic carbocycles. The number of amides is 1. The molecule has 36 heavy (non-hydrogen) atoms. The molecule has 0 unspecified atom stereocenters. The summed E-state index contributed by atoms with van der Waals surface area (Å²) in [6.45, 7) is 2.37. The molecule has 0 bridgehead atoms. The van der Waals surface area contributed by atoms with Crippen LogP contribution in [0.1, 0.15) is 28.9 Å². The van der Waals surface area contributed by atoms with Gasteiger partial charge in [-0.3, -0.25) is 19.1 Å². The Kier molecular flexibility index (Phi) is 5.80. The molecular weight excluding hydrogens is 466 g/mol. The first kappa shape index (κ1) is 22.5. The molecular formula is C26H24F2N6O2. The van der Waals surface area contributed by atoms with Crippen LogP contribution < -0.4 is 0 Å². The number of carbonyl (C=O) groups excluding carboxylic acids is 1. The number of nitrogens with zero attached hydrogens (tertiary/aromatic N) is 6. The Hall–Kier alpha value is -3.92. The zero-order valence-electron chi connectivity index (χ0n) is 19.5. The second-order valence-electron chi connectivity index (χ2n) is 9.01. The molecule has 0 spiro atoms. The van der Waals surface area contributed by atoms with Crippen LogP contribution in [0.2, 0.25) is 0 Å². The number of benzene rings is 1. The molecule has 6 rings (SSSR count). The number of hydrogen-bond donors (Lipinski definition) is 0. The largest absolute Gasteiger partial charge is 0.373 e. The Labute approximate surface area is 206 Å². The van der Waals surface area contributed by atoms with Gasteiger partial charge in [-0.2, -0.15) is 10.2 Å². The molecule has 1 saturated heterocycles. The molecule has 184 valence electrons. The maximum absolute atomic E-state index is 14.7. The number of aromatic nitrogens is 5. The lowest BCUT2D eigenvalue weighted by Crippen LogP contribution is -2.39. The van der Waals surface area contributed by atoms with Crippen LogP contribution in [0.5, 0.6) is 0 Å². The average molecular weight is 491 g/mol. The number of rotatable bonds is 5. The minimum atomic E-state index is -0.417. The van der Waals surface area contributed by atoms with Crippen molar-refractivity contribution in [1.29, 1.82) is 0 Å². The van der Waals surface area contributed by atoms with Crippen molar-refractivity contribution in [3.8, 4) is 22.6 Å². The maximum atomic E-state index is 14.7. The first-order valence-electron chi connectivity index (χ1n) is 12.0. The summed E-state index contributed by atoms with van der Waals surface area (Å²) in [4.78, 5) is 19.9. The molecule has 4 aromatic rings. The number of halogens is 2. The third kappa shape index (κ3) is 4.07. The van der Waals surface area contributed by atoms with Crippen molar-refractivity contribution in [2.45, 2.75) is 38.6 Å². The normalized spacial score (nSPS) is 17.4. The van der Waals surface area contributed by atoms with Gasteiger partial charge in [-0.25, -0.2) is 8.78 Å². The van der Waals surface area contributed by atoms with Crippen molar-refractivity contribution < 1.29 is 18.3 Å². The maximum Gasteiger partial charge on any atom is 0.258 e. The van der Waals surface area contributed by atoms with E-state index in [2.05, 4.69) is 15.2 Å². The molecule has 2 aliphatic rings. The molecule has 0 aliphatic carbocycles. The Morgan fingerprint density at radius 3 is 2.78 bits per heavy atom. The van der Waals surface area contributed by atoms with Crippen molar-refractivity contribution in [3.05, 3.63) is 77.8 Å². The molecule has 2 aliphatic heterocycles. The minimum absolute atomic E-state index is 0.0834. The van der Waals surface area contributed by atoms with Crippen LogP contribution in [0.25, 0.3) is 22.6 Å². The van der Waals surface area contributed by atoms with Crippen molar-refractivity contribution in [1.82, 2.24) is 29.4 Å². The first-order chi connectivity index (χ1) is 17.6. The van der Waals surface area contributed by atoms with E-state index in [1.165, 1.54) is 12.1 Å². The molecule has 8 nitrogen and oxygen atoms in total. The minimum Gasteiger partial charge on any atom is -0.373 e. The van der Waals surface area contributed by atoms with Gasteiger partial charge in [-0.05, 0) is 43.2 Å². The smallest absolute Gasteiger partial charge is 0.258 e. The molecule has 3 aromatic heterocycles. The van der Waals surface area contributed by atoms with Gasteiger partial charge in [0, 0.05) is 18.3 Å². The van der Waals surface area contributed by atoms with E-state index in [0.717, 1.165) is 19.0 Å². The SMILES string of the molecule is O=C(c1c(-c2ccccc2F)nn2c1COCC2)N1CCC[C@H]1Cn1ccc(-c2ccc(F)cn2)n1. The quantitative estimate of drug-likeness (QED) is 0.424. The van der Waals surface area contributed by atoms with E-state index >= 15 is 0 Å². The molecule has 0 saturated carbocycles. The molecule has 10 heteroatoms. The van der Waals surface area contributed by atoms with E-state index in [1.807, 2.05) is 17.2 Å². The van der Waals surface area contributed by atoms with Gasteiger partial charge in [0.05, 0.1) is 55.5 Å². The topological polar surface area (TPSA) is 78.1 Å². The zero-order chi connectivity index (χ0) is 24.6. The number of carbonyl (C=O) groups is 1. The monoisotopic (exact) mass is 490 g/mol. The molecule has 1 atom stereocenters. The van der Waals surface area contributed by atoms with E-state index in [-0.39, 0.29) is 18.6 Å². The Morgan fingerprint density at radius 1 is 1.06 bits per heavy atom. The van der Waals surface area contributed by atoms with Crippen LogP contribution >= 0.6 is 0 Å². The number of ether oxygens (including phenoxy) is 1. The van der Waals surface area contributed by atoms with Gasteiger partial charge in [-0.15, -0.1) is 0 Å². The Bertz CT molecular complexity index is 1410. The van der Waals surface area contributed by atoms with Crippen LogP contribution in [0.4, 0.5) is 8.78 Å². The number of pyridine rings is 1. The van der Waals surface area contributed by atoms with Crippen LogP contribution in [0.15, 0.2) is 54.9 Å². The summed E-state index contributed by atoms with van der Waals surface area (Å²) in [5.74, 6) is -0.991. The van der Waals surface area contributed by atoms with Gasteiger partial charge < -0.3 is 9.64 Å². The highest BCUT2D eigenvalue weighted by atomic mass is 19.1. The van der Waals surface area contributed by atoms with Crippen LogP contribution in [0, 0.1) is 11.6 Å². The Balaban J connectivity index is 1.29. The van der Waals surface area contributed by atoms with E-state index < -0.39 is 11.6 Å². The highest BCUT2D eigenvalue weighted by molar-refractivity contribution is 6.01. The van der Waals surface area contributed by atoms with Gasteiger partial charge in [0.15, 0.2) is 0 Å². The van der Waals surface area contributed by atoms with E-state index in [1.54, 1.807) is 33.6 Å². The van der Waals surface area contributed by atoms with E-state index in [0.29, 0.717) is 60.1 Å². The second-order valence-corrected chi connectivity index (χ2v) is 9.01. The van der Waals surface area contributed by atoms with Crippen LogP contribution in [-0.4, -0.2) is 54.5 Å². The second kappa shape index (κ2) is 9.27. The fraction of sp³-hybridized carbons (Fsp3) is 0.308. The standard InChI is InChI=1S/C26H24F2N6O2/c27-17-7-8-21(29-14-17)22-9-11-32(30-22)15-18-4-3-10-33(18)26(35)24-23-16-36-13-12-34(23)31-25(24)19-5-1-2-6-20(19)28/h1-2,5-9,11,14,18H,3-4,10,12-13,15-16H2/t18-/m0/s1. The summed E-state index contributed by atoms with van der Waals surface area (Å²) in [5, 5.41) is 9.21. The molecule has 1 fully saturated rings. The Morgan fingerprint density at radius 2 is 1.94 bits per heavy atom. The van der Waals surface area contributed by atoms with Gasteiger partial charge >= 0.3 is 0 Å². The highest BCUT2D eigenvalue weighted by Crippen LogP contribution is 2.32. The van der Waals surface area contributed by atoms with Crippen molar-refractivity contribution >= 4 is 5.91 Å². The summed E-state index contributed by atoms with van der Waals surface area (Å²) in [6.07, 6.45) is 4.68. The first-order valence-corrected chi connectivity index (χ1v) is 12.0. The summed E-state index contributed by atoms with van der Waals surface area (Å²) in [7, 11) is 0. The van der Waals surface area contributed by atoms with E-state index in [9.17, 15) is 13.6 Å². The summed E-state index contributed by atoms with van der Waals surface area (Å²) in [6, 6.07) is 11.1. The summed E-state index contributed by atoms with van der Waals surface area (Å²) >= 11 is 0. The van der Waals surface area contributed by atoms with Crippen molar-refractivity contribution in [2.75, 3.05) is 13.2 Å². The number of fused-ring (bicyclic) bond motifs is 1. The predicted octanol–water partition coefficient (Wildman–Crippen LogP) is 3.92. The number of likely N-dealkylation sites (tertiary alicyclic amines) is 1. The molecule has 1 amide bonds. The fourth-order valence-electron chi connectivity index (χ4n) is 4.99. The average Bonchev–Trinajstić information content (AvgIpc) is 3.63. The third-order valence-electron chi connectivity index (χ3n) is 6.75. The van der Waals surface area contributed by atoms with Crippen molar-refractivity contribution in [2.24, 2.45) is 0 Å². The van der Waals surface area contributed by atoms with Crippen LogP contribution in [-0.2, 0) is 24.4 Å². The van der Waals surface area contributed by atoms with Crippen LogP contribution in [0.3, 0.4) is 0 Å². The van der Waals surface area contributed by atoms with E-state index in [4.69, 9.17) is 4.74 Å². The van der Waals surface area contributed by atoms with Gasteiger partial charge in [0.1, 0.15) is 23.0 Å². The van der Waals surface area contributed by atoms with Crippen molar-refractivity contribution in [3.63, 3.8) is 0 Å². The molecule has 0 N–H and O–H groups in total. The zero-order valence-corrected chi connectivity index (χ0v) is 19.5. The molecule has 0 radical (unpaired) electrons. The third-order valence-corrected chi connectivity index (χ3v) is 6.75. The van der Waals surface area contributed by atoms with Gasteiger partial charge in [0.2, 0.25) is 0 Å².